The molecule has 4 rings (SSSR count). The molecule has 2 amide bonds. The number of amides is 2. The number of nitrogens with zero attached hydrogens (tertiary/aromatic N) is 2. The highest BCUT2D eigenvalue weighted by atomic mass is 35.5. The summed E-state index contributed by atoms with van der Waals surface area (Å²) in [5, 5.41) is 8.08. The predicted molar refractivity (Wildman–Crippen MR) is 148 cm³/mol. The second-order valence-electron chi connectivity index (χ2n) is 8.92. The summed E-state index contributed by atoms with van der Waals surface area (Å²) in [5.41, 5.74) is 3.31. The third-order valence-electron chi connectivity index (χ3n) is 6.05. The largest absolute Gasteiger partial charge is 0.497 e. The van der Waals surface area contributed by atoms with E-state index in [1.54, 1.807) is 54.6 Å². The number of aromatic nitrogens is 1. The first-order valence-corrected chi connectivity index (χ1v) is 12.5. The van der Waals surface area contributed by atoms with Crippen LogP contribution in [0.15, 0.2) is 79.0 Å². The Morgan fingerprint density at radius 1 is 1.11 bits per heavy atom. The van der Waals surface area contributed by atoms with Gasteiger partial charge in [-0.1, -0.05) is 29.8 Å². The van der Waals surface area contributed by atoms with Gasteiger partial charge >= 0.3 is 6.03 Å². The van der Waals surface area contributed by atoms with E-state index in [4.69, 9.17) is 16.3 Å². The highest BCUT2D eigenvalue weighted by molar-refractivity contribution is 6.30. The van der Waals surface area contributed by atoms with Gasteiger partial charge in [-0.25, -0.2) is 9.18 Å². The first-order chi connectivity index (χ1) is 17.9. The van der Waals surface area contributed by atoms with Gasteiger partial charge in [0.1, 0.15) is 11.6 Å². The Balaban J connectivity index is 1.41. The van der Waals surface area contributed by atoms with Crippen LogP contribution in [0.4, 0.5) is 20.6 Å². The van der Waals surface area contributed by atoms with Gasteiger partial charge in [0.15, 0.2) is 0 Å². The summed E-state index contributed by atoms with van der Waals surface area (Å²) < 4.78 is 18.8. The van der Waals surface area contributed by atoms with Crippen LogP contribution in [0, 0.1) is 5.82 Å². The number of fused-ring (bicyclic) bond motifs is 1. The predicted octanol–water partition coefficient (Wildman–Crippen LogP) is 7.35. The number of methoxy groups -OCH3 is 1. The fourth-order valence-electron chi connectivity index (χ4n) is 4.12. The number of urea groups is 1. The van der Waals surface area contributed by atoms with Crippen LogP contribution in [0.25, 0.3) is 10.9 Å². The van der Waals surface area contributed by atoms with Crippen molar-refractivity contribution >= 4 is 39.9 Å². The van der Waals surface area contributed by atoms with Crippen molar-refractivity contribution in [2.45, 2.75) is 32.4 Å². The second kappa shape index (κ2) is 12.4. The van der Waals surface area contributed by atoms with E-state index in [2.05, 4.69) is 22.5 Å². The molecule has 0 aliphatic carbocycles. The number of halogens is 2. The first-order valence-electron chi connectivity index (χ1n) is 12.2. The fraction of sp³-hybridized carbons (Fsp3) is 0.241. The van der Waals surface area contributed by atoms with Crippen LogP contribution in [0.1, 0.15) is 25.3 Å². The molecule has 0 saturated heterocycles. The minimum Gasteiger partial charge on any atom is -0.497 e. The van der Waals surface area contributed by atoms with E-state index in [0.717, 1.165) is 40.7 Å². The standard InChI is InChI=1S/C29H30ClFN4O2/c1-20(33-27-18-26(37-2)17-22-6-3-15-32-28(22)27)5-4-16-35(19-21-7-11-24(31)12-8-21)29(36)34-25-13-9-23(30)10-14-25/h3,6-15,17-18,20,33H,4-5,16,19H2,1-2H3,(H,34,36). The quantitative estimate of drug-likeness (QED) is 0.229. The van der Waals surface area contributed by atoms with Crippen LogP contribution in [0.2, 0.25) is 5.02 Å². The maximum absolute atomic E-state index is 13.4. The number of nitrogens with one attached hydrogen (secondary N) is 2. The third-order valence-corrected chi connectivity index (χ3v) is 6.30. The highest BCUT2D eigenvalue weighted by Crippen LogP contribution is 2.28. The van der Waals surface area contributed by atoms with Crippen LogP contribution in [-0.4, -0.2) is 35.6 Å². The van der Waals surface area contributed by atoms with Gasteiger partial charge in [-0.3, -0.25) is 4.98 Å². The summed E-state index contributed by atoms with van der Waals surface area (Å²) in [6.45, 7) is 3.00. The molecule has 0 saturated carbocycles. The molecule has 1 heterocycles. The van der Waals surface area contributed by atoms with Crippen molar-refractivity contribution in [3.63, 3.8) is 0 Å². The number of rotatable bonds is 10. The zero-order valence-electron chi connectivity index (χ0n) is 20.9. The van der Waals surface area contributed by atoms with Gasteiger partial charge in [-0.05, 0) is 73.9 Å². The lowest BCUT2D eigenvalue weighted by molar-refractivity contribution is 0.207. The average Bonchev–Trinajstić information content (AvgIpc) is 2.90. The molecule has 1 unspecified atom stereocenters. The summed E-state index contributed by atoms with van der Waals surface area (Å²) in [7, 11) is 1.65. The summed E-state index contributed by atoms with van der Waals surface area (Å²) in [6, 6.07) is 20.9. The lowest BCUT2D eigenvalue weighted by atomic mass is 10.1. The number of pyridine rings is 1. The van der Waals surface area contributed by atoms with Crippen LogP contribution in [0.5, 0.6) is 5.75 Å². The Labute approximate surface area is 221 Å². The molecule has 0 aliphatic heterocycles. The van der Waals surface area contributed by atoms with Gasteiger partial charge in [0.2, 0.25) is 0 Å². The molecule has 0 radical (unpaired) electrons. The molecular formula is C29H30ClFN4O2. The molecule has 3 aromatic carbocycles. The van der Waals surface area contributed by atoms with Crippen molar-refractivity contribution in [1.82, 2.24) is 9.88 Å². The van der Waals surface area contributed by atoms with E-state index >= 15 is 0 Å². The summed E-state index contributed by atoms with van der Waals surface area (Å²) in [6.07, 6.45) is 3.36. The van der Waals surface area contributed by atoms with Crippen molar-refractivity contribution in [3.05, 3.63) is 95.4 Å². The number of ether oxygens (including phenoxy) is 1. The Bertz CT molecular complexity index is 1330. The van der Waals surface area contributed by atoms with Crippen molar-refractivity contribution in [2.75, 3.05) is 24.3 Å². The van der Waals surface area contributed by atoms with E-state index in [1.807, 2.05) is 24.3 Å². The van der Waals surface area contributed by atoms with Crippen molar-refractivity contribution in [1.29, 1.82) is 0 Å². The van der Waals surface area contributed by atoms with Gasteiger partial charge in [0.05, 0.1) is 18.3 Å². The Morgan fingerprint density at radius 2 is 1.86 bits per heavy atom. The second-order valence-corrected chi connectivity index (χ2v) is 9.36. The first kappa shape index (κ1) is 26.2. The van der Waals surface area contributed by atoms with Crippen molar-refractivity contribution in [2.24, 2.45) is 0 Å². The van der Waals surface area contributed by atoms with Crippen LogP contribution >= 0.6 is 11.6 Å². The lowest BCUT2D eigenvalue weighted by Crippen LogP contribution is -2.35. The summed E-state index contributed by atoms with van der Waals surface area (Å²) >= 11 is 5.97. The summed E-state index contributed by atoms with van der Waals surface area (Å²) in [4.78, 5) is 19.4. The fourth-order valence-corrected chi connectivity index (χ4v) is 4.24. The van der Waals surface area contributed by atoms with Gasteiger partial charge in [-0.2, -0.15) is 0 Å². The number of hydrogen-bond acceptors (Lipinski definition) is 4. The molecule has 0 aliphatic rings. The van der Waals surface area contributed by atoms with Gasteiger partial charge < -0.3 is 20.3 Å². The van der Waals surface area contributed by atoms with Crippen LogP contribution in [-0.2, 0) is 6.54 Å². The smallest absolute Gasteiger partial charge is 0.322 e. The SMILES string of the molecule is COc1cc(NC(C)CCCN(Cc2ccc(F)cc2)C(=O)Nc2ccc(Cl)cc2)c2ncccc2c1. The van der Waals surface area contributed by atoms with Gasteiger partial charge in [-0.15, -0.1) is 0 Å². The molecule has 4 aromatic rings. The molecule has 37 heavy (non-hydrogen) atoms. The number of carbonyl (C=O) groups is 1. The Kier molecular flexibility index (Phi) is 8.80. The number of benzene rings is 3. The van der Waals surface area contributed by atoms with Crippen LogP contribution < -0.4 is 15.4 Å². The number of carbonyl (C=O) groups excluding carboxylic acids is 1. The molecule has 2 N–H and O–H groups in total. The minimum atomic E-state index is -0.305. The molecule has 192 valence electrons. The molecule has 0 spiro atoms. The molecular weight excluding hydrogens is 491 g/mol. The maximum atomic E-state index is 13.4. The van der Waals surface area contributed by atoms with E-state index < -0.39 is 0 Å². The minimum absolute atomic E-state index is 0.129. The van der Waals surface area contributed by atoms with Crippen molar-refractivity contribution in [3.8, 4) is 5.75 Å². The molecule has 6 nitrogen and oxygen atoms in total. The highest BCUT2D eigenvalue weighted by Gasteiger charge is 2.16. The average molecular weight is 521 g/mol. The Morgan fingerprint density at radius 3 is 2.59 bits per heavy atom. The molecule has 8 heteroatoms. The topological polar surface area (TPSA) is 66.5 Å². The van der Waals surface area contributed by atoms with E-state index in [1.165, 1.54) is 12.1 Å². The maximum Gasteiger partial charge on any atom is 0.322 e. The lowest BCUT2D eigenvalue weighted by Gasteiger charge is -2.24. The third kappa shape index (κ3) is 7.33. The van der Waals surface area contributed by atoms with Gasteiger partial charge in [0.25, 0.3) is 0 Å². The zero-order valence-corrected chi connectivity index (χ0v) is 21.6. The van der Waals surface area contributed by atoms with E-state index in [9.17, 15) is 9.18 Å². The normalized spacial score (nSPS) is 11.7. The summed E-state index contributed by atoms with van der Waals surface area (Å²) in [5.74, 6) is 0.458. The molecule has 0 fully saturated rings. The molecule has 0 bridgehead atoms. The van der Waals surface area contributed by atoms with Crippen LogP contribution in [0.3, 0.4) is 0 Å². The van der Waals surface area contributed by atoms with E-state index in [0.29, 0.717) is 23.8 Å². The number of hydrogen-bond donors (Lipinski definition) is 2. The molecule has 1 aromatic heterocycles. The van der Waals surface area contributed by atoms with Gasteiger partial charge in [0, 0.05) is 47.5 Å². The van der Waals surface area contributed by atoms with E-state index in [-0.39, 0.29) is 17.9 Å². The Hall–Kier alpha value is -3.84. The van der Waals surface area contributed by atoms with Crippen molar-refractivity contribution < 1.29 is 13.9 Å². The monoisotopic (exact) mass is 520 g/mol. The zero-order chi connectivity index (χ0) is 26.2. The molecule has 1 atom stereocenters. The number of anilines is 2.